The highest BCUT2D eigenvalue weighted by molar-refractivity contribution is 5.53. The Hall–Kier alpha value is -1.09. The molecule has 116 valence electrons. The minimum absolute atomic E-state index is 0.699. The largest absolute Gasteiger partial charge is 0.367 e. The Morgan fingerprint density at radius 3 is 3.00 bits per heavy atom. The van der Waals surface area contributed by atoms with Gasteiger partial charge in [-0.1, -0.05) is 20.3 Å². The third kappa shape index (κ3) is 3.39. The van der Waals surface area contributed by atoms with Gasteiger partial charge in [0.2, 0.25) is 0 Å². The molecule has 1 aromatic rings. The highest BCUT2D eigenvalue weighted by atomic mass is 15.2. The summed E-state index contributed by atoms with van der Waals surface area (Å²) in [5.74, 6) is 1.62. The van der Waals surface area contributed by atoms with E-state index in [-0.39, 0.29) is 0 Å². The van der Waals surface area contributed by atoms with Gasteiger partial charge in [0.25, 0.3) is 0 Å². The summed E-state index contributed by atoms with van der Waals surface area (Å²) in [6, 6.07) is 2.97. The molecule has 1 saturated heterocycles. The summed E-state index contributed by atoms with van der Waals surface area (Å²) >= 11 is 0. The molecule has 2 fully saturated rings. The lowest BCUT2D eigenvalue weighted by molar-refractivity contribution is 0.361. The van der Waals surface area contributed by atoms with Crippen molar-refractivity contribution in [2.75, 3.05) is 18.0 Å². The Morgan fingerprint density at radius 1 is 1.29 bits per heavy atom. The molecule has 0 bridgehead atoms. The number of hydrogen-bond donors (Lipinski definition) is 1. The molecular formula is C18H29N3. The molecule has 2 atom stereocenters. The molecule has 21 heavy (non-hydrogen) atoms. The van der Waals surface area contributed by atoms with Gasteiger partial charge < -0.3 is 10.2 Å². The van der Waals surface area contributed by atoms with Gasteiger partial charge in [-0.2, -0.15) is 0 Å². The normalized spacial score (nSPS) is 25.4. The van der Waals surface area contributed by atoms with Gasteiger partial charge >= 0.3 is 0 Å². The summed E-state index contributed by atoms with van der Waals surface area (Å²) in [5, 5.41) is 3.59. The first-order valence-corrected chi connectivity index (χ1v) is 8.66. The van der Waals surface area contributed by atoms with E-state index in [0.717, 1.165) is 25.0 Å². The van der Waals surface area contributed by atoms with E-state index >= 15 is 0 Å². The van der Waals surface area contributed by atoms with Crippen molar-refractivity contribution in [1.82, 2.24) is 10.3 Å². The van der Waals surface area contributed by atoms with Crippen LogP contribution in [0.5, 0.6) is 0 Å². The van der Waals surface area contributed by atoms with Gasteiger partial charge in [-0.25, -0.2) is 0 Å². The quantitative estimate of drug-likeness (QED) is 0.897. The molecule has 1 aliphatic heterocycles. The first-order valence-electron chi connectivity index (χ1n) is 8.66. The van der Waals surface area contributed by atoms with Gasteiger partial charge in [-0.05, 0) is 55.7 Å². The number of aromatic nitrogens is 1. The smallest absolute Gasteiger partial charge is 0.0600 e. The van der Waals surface area contributed by atoms with E-state index in [1.54, 1.807) is 0 Å². The molecule has 1 saturated carbocycles. The van der Waals surface area contributed by atoms with Crippen LogP contribution >= 0.6 is 0 Å². The second-order valence-corrected chi connectivity index (χ2v) is 7.12. The Morgan fingerprint density at radius 2 is 2.14 bits per heavy atom. The molecule has 0 aromatic carbocycles. The van der Waals surface area contributed by atoms with E-state index in [4.69, 9.17) is 0 Å². The number of nitrogens with zero attached hydrogens (tertiary/aromatic N) is 2. The molecule has 2 aliphatic rings. The molecule has 2 unspecified atom stereocenters. The van der Waals surface area contributed by atoms with Crippen molar-refractivity contribution < 1.29 is 0 Å². The predicted octanol–water partition coefficient (Wildman–Crippen LogP) is 3.60. The van der Waals surface area contributed by atoms with E-state index in [0.29, 0.717) is 5.92 Å². The minimum atomic E-state index is 0.699. The van der Waals surface area contributed by atoms with Gasteiger partial charge in [0.15, 0.2) is 0 Å². The molecule has 1 aromatic heterocycles. The van der Waals surface area contributed by atoms with Crippen LogP contribution in [0.25, 0.3) is 0 Å². The van der Waals surface area contributed by atoms with Gasteiger partial charge in [0.1, 0.15) is 0 Å². The summed E-state index contributed by atoms with van der Waals surface area (Å²) < 4.78 is 0. The molecule has 3 nitrogen and oxygen atoms in total. The zero-order chi connectivity index (χ0) is 14.7. The Balaban J connectivity index is 1.74. The van der Waals surface area contributed by atoms with Crippen molar-refractivity contribution in [3.8, 4) is 0 Å². The number of piperidine rings is 1. The minimum Gasteiger partial charge on any atom is -0.367 e. The maximum Gasteiger partial charge on any atom is 0.0600 e. The highest BCUT2D eigenvalue weighted by Crippen LogP contribution is 2.39. The van der Waals surface area contributed by atoms with Gasteiger partial charge in [-0.3, -0.25) is 4.98 Å². The van der Waals surface area contributed by atoms with E-state index in [1.165, 1.54) is 49.9 Å². The zero-order valence-corrected chi connectivity index (χ0v) is 13.5. The van der Waals surface area contributed by atoms with Gasteiger partial charge in [0.05, 0.1) is 11.9 Å². The number of anilines is 1. The van der Waals surface area contributed by atoms with Crippen LogP contribution in [0.4, 0.5) is 5.69 Å². The fraction of sp³-hybridized carbons (Fsp3) is 0.722. The molecule has 0 amide bonds. The number of hydrogen-bond acceptors (Lipinski definition) is 3. The monoisotopic (exact) mass is 287 g/mol. The fourth-order valence-electron chi connectivity index (χ4n) is 4.07. The Labute approximate surface area is 129 Å². The van der Waals surface area contributed by atoms with Crippen LogP contribution < -0.4 is 10.2 Å². The number of pyridine rings is 1. The Bertz CT molecular complexity index is 458. The van der Waals surface area contributed by atoms with Crippen LogP contribution in [0.2, 0.25) is 0 Å². The van der Waals surface area contributed by atoms with Gasteiger partial charge in [0, 0.05) is 25.3 Å². The molecule has 0 radical (unpaired) electrons. The van der Waals surface area contributed by atoms with Crippen molar-refractivity contribution in [3.63, 3.8) is 0 Å². The van der Waals surface area contributed by atoms with Crippen LogP contribution in [-0.2, 0) is 6.54 Å². The van der Waals surface area contributed by atoms with E-state index in [9.17, 15) is 0 Å². The molecule has 1 aliphatic carbocycles. The molecule has 2 heterocycles. The van der Waals surface area contributed by atoms with Crippen molar-refractivity contribution in [1.29, 1.82) is 0 Å². The maximum absolute atomic E-state index is 4.41. The molecule has 3 heteroatoms. The summed E-state index contributed by atoms with van der Waals surface area (Å²) in [4.78, 5) is 7.08. The van der Waals surface area contributed by atoms with Crippen LogP contribution in [0, 0.1) is 11.8 Å². The summed E-state index contributed by atoms with van der Waals surface area (Å²) in [6.45, 7) is 7.77. The summed E-state index contributed by atoms with van der Waals surface area (Å²) in [7, 11) is 0. The lowest BCUT2D eigenvalue weighted by Crippen LogP contribution is -2.43. The SMILES string of the molecule is CC(C)CNCc1ccncc1N1CCCC2CCCC21. The topological polar surface area (TPSA) is 28.2 Å². The standard InChI is InChI=1S/C18H29N3/c1-14(2)11-20-12-16-8-9-19-13-18(16)21-10-4-6-15-5-3-7-17(15)21/h8-9,13-15,17,20H,3-7,10-12H2,1-2H3. The average Bonchev–Trinajstić information content (AvgIpc) is 2.96. The first-order chi connectivity index (χ1) is 10.3. The van der Waals surface area contributed by atoms with Crippen LogP contribution in [0.3, 0.4) is 0 Å². The molecular weight excluding hydrogens is 258 g/mol. The third-order valence-corrected chi connectivity index (χ3v) is 5.06. The predicted molar refractivity (Wildman–Crippen MR) is 88.5 cm³/mol. The second-order valence-electron chi connectivity index (χ2n) is 7.12. The maximum atomic E-state index is 4.41. The Kier molecular flexibility index (Phi) is 4.79. The van der Waals surface area contributed by atoms with Crippen molar-refractivity contribution >= 4 is 5.69 Å². The van der Waals surface area contributed by atoms with Crippen LogP contribution in [0.1, 0.15) is 51.5 Å². The third-order valence-electron chi connectivity index (χ3n) is 5.06. The van der Waals surface area contributed by atoms with Crippen LogP contribution in [-0.4, -0.2) is 24.1 Å². The van der Waals surface area contributed by atoms with Crippen molar-refractivity contribution in [2.24, 2.45) is 11.8 Å². The molecule has 3 rings (SSSR count). The summed E-state index contributed by atoms with van der Waals surface area (Å²) in [6.07, 6.45) is 11.0. The average molecular weight is 287 g/mol. The number of nitrogens with one attached hydrogen (secondary N) is 1. The number of fused-ring (bicyclic) bond motifs is 1. The summed E-state index contributed by atoms with van der Waals surface area (Å²) in [5.41, 5.74) is 2.79. The van der Waals surface area contributed by atoms with E-state index < -0.39 is 0 Å². The first kappa shape index (κ1) is 14.8. The lowest BCUT2D eigenvalue weighted by atomic mass is 9.91. The van der Waals surface area contributed by atoms with Crippen LogP contribution in [0.15, 0.2) is 18.5 Å². The lowest BCUT2D eigenvalue weighted by Gasteiger charge is -2.40. The fourth-order valence-corrected chi connectivity index (χ4v) is 4.07. The number of rotatable bonds is 5. The van der Waals surface area contributed by atoms with Gasteiger partial charge in [-0.15, -0.1) is 0 Å². The highest BCUT2D eigenvalue weighted by Gasteiger charge is 2.35. The van der Waals surface area contributed by atoms with Crippen molar-refractivity contribution in [2.45, 2.75) is 58.5 Å². The zero-order valence-electron chi connectivity index (χ0n) is 13.5. The van der Waals surface area contributed by atoms with Crippen molar-refractivity contribution in [3.05, 3.63) is 24.0 Å². The second kappa shape index (κ2) is 6.78. The molecule has 1 N–H and O–H groups in total. The molecule has 0 spiro atoms. The van der Waals surface area contributed by atoms with E-state index in [1.807, 2.05) is 6.20 Å². The van der Waals surface area contributed by atoms with E-state index in [2.05, 4.69) is 41.3 Å².